The van der Waals surface area contributed by atoms with Gasteiger partial charge in [0.05, 0.1) is 0 Å². The van der Waals surface area contributed by atoms with Crippen LogP contribution in [0.1, 0.15) is 11.5 Å². The zero-order valence-electron chi connectivity index (χ0n) is 8.36. The number of likely N-dealkylation sites (N-methyl/N-ethyl adjacent to an activating group) is 1. The van der Waals surface area contributed by atoms with Crippen LogP contribution in [0.5, 0.6) is 5.75 Å². The Kier molecular flexibility index (Phi) is 2.15. The highest BCUT2D eigenvalue weighted by molar-refractivity contribution is 5.85. The molecule has 14 heavy (non-hydrogen) atoms. The van der Waals surface area contributed by atoms with Crippen molar-refractivity contribution in [2.45, 2.75) is 5.92 Å². The van der Waals surface area contributed by atoms with Crippen molar-refractivity contribution >= 4 is 5.91 Å². The Balaban J connectivity index is 2.30. The molecule has 1 aliphatic heterocycles. The Morgan fingerprint density at radius 1 is 1.43 bits per heavy atom. The van der Waals surface area contributed by atoms with Gasteiger partial charge >= 0.3 is 0 Å². The molecule has 0 aromatic heterocycles. The molecule has 1 aromatic rings. The predicted molar refractivity (Wildman–Crippen MR) is 53.4 cm³/mol. The zero-order chi connectivity index (χ0) is 10.1. The summed E-state index contributed by atoms with van der Waals surface area (Å²) in [6, 6.07) is 7.71. The summed E-state index contributed by atoms with van der Waals surface area (Å²) < 4.78 is 5.43. The van der Waals surface area contributed by atoms with Crippen LogP contribution in [0.4, 0.5) is 0 Å². The van der Waals surface area contributed by atoms with Gasteiger partial charge in [0.15, 0.2) is 0 Å². The lowest BCUT2D eigenvalue weighted by Gasteiger charge is -2.14. The van der Waals surface area contributed by atoms with E-state index in [4.69, 9.17) is 4.74 Å². The molecule has 1 amide bonds. The first kappa shape index (κ1) is 9.06. The average Bonchev–Trinajstić information content (AvgIpc) is 2.60. The molecule has 0 saturated heterocycles. The standard InChI is InChI=1S/C11H13NO2/c1-12(2)11(13)9-7-14-10-6-4-3-5-8(9)10/h3-6,9H,7H2,1-2H3. The maximum absolute atomic E-state index is 11.8. The summed E-state index contributed by atoms with van der Waals surface area (Å²) in [6.45, 7) is 0.469. The second-order valence-corrected chi connectivity index (χ2v) is 3.63. The molecule has 3 heteroatoms. The normalized spacial score (nSPS) is 18.6. The van der Waals surface area contributed by atoms with Crippen LogP contribution in [0.25, 0.3) is 0 Å². The molecule has 0 spiro atoms. The minimum absolute atomic E-state index is 0.106. The van der Waals surface area contributed by atoms with Crippen molar-refractivity contribution in [2.24, 2.45) is 0 Å². The number of carbonyl (C=O) groups excluding carboxylic acids is 1. The van der Waals surface area contributed by atoms with Crippen LogP contribution in [-0.2, 0) is 4.79 Å². The Bertz CT molecular complexity index is 360. The second-order valence-electron chi connectivity index (χ2n) is 3.63. The molecule has 1 aromatic carbocycles. The van der Waals surface area contributed by atoms with Gasteiger partial charge < -0.3 is 9.64 Å². The van der Waals surface area contributed by atoms with Crippen LogP contribution in [0.15, 0.2) is 24.3 Å². The van der Waals surface area contributed by atoms with E-state index >= 15 is 0 Å². The van der Waals surface area contributed by atoms with E-state index in [-0.39, 0.29) is 11.8 Å². The zero-order valence-corrected chi connectivity index (χ0v) is 8.36. The van der Waals surface area contributed by atoms with Gasteiger partial charge in [0.25, 0.3) is 0 Å². The third kappa shape index (κ3) is 1.35. The Labute approximate surface area is 83.3 Å². The number of fused-ring (bicyclic) bond motifs is 1. The third-order valence-electron chi connectivity index (χ3n) is 2.44. The second kappa shape index (κ2) is 3.33. The minimum Gasteiger partial charge on any atom is -0.492 e. The number of nitrogens with zero attached hydrogens (tertiary/aromatic N) is 1. The highest BCUT2D eigenvalue weighted by Gasteiger charge is 2.30. The number of amides is 1. The van der Waals surface area contributed by atoms with Gasteiger partial charge in [0, 0.05) is 19.7 Å². The van der Waals surface area contributed by atoms with E-state index in [0.29, 0.717) is 6.61 Å². The molecule has 1 heterocycles. The van der Waals surface area contributed by atoms with Crippen molar-refractivity contribution in [2.75, 3.05) is 20.7 Å². The van der Waals surface area contributed by atoms with Crippen LogP contribution in [0.3, 0.4) is 0 Å². The fourth-order valence-electron chi connectivity index (χ4n) is 1.68. The summed E-state index contributed by atoms with van der Waals surface area (Å²) in [7, 11) is 3.53. The largest absolute Gasteiger partial charge is 0.492 e. The number of ether oxygens (including phenoxy) is 1. The number of hydrogen-bond acceptors (Lipinski definition) is 2. The lowest BCUT2D eigenvalue weighted by atomic mass is 10.0. The molecule has 0 radical (unpaired) electrons. The predicted octanol–water partition coefficient (Wildman–Crippen LogP) is 1.25. The monoisotopic (exact) mass is 191 g/mol. The number of hydrogen-bond donors (Lipinski definition) is 0. The highest BCUT2D eigenvalue weighted by Crippen LogP contribution is 2.34. The molecule has 1 aliphatic rings. The van der Waals surface area contributed by atoms with Gasteiger partial charge in [-0.05, 0) is 6.07 Å². The Morgan fingerprint density at radius 2 is 2.14 bits per heavy atom. The summed E-state index contributed by atoms with van der Waals surface area (Å²) in [5.41, 5.74) is 1.01. The topological polar surface area (TPSA) is 29.5 Å². The maximum atomic E-state index is 11.8. The first-order chi connectivity index (χ1) is 6.70. The minimum atomic E-state index is -0.124. The average molecular weight is 191 g/mol. The van der Waals surface area contributed by atoms with Gasteiger partial charge in [-0.1, -0.05) is 18.2 Å². The van der Waals surface area contributed by atoms with Crippen molar-refractivity contribution in [3.05, 3.63) is 29.8 Å². The van der Waals surface area contributed by atoms with E-state index < -0.39 is 0 Å². The lowest BCUT2D eigenvalue weighted by molar-refractivity contribution is -0.130. The van der Waals surface area contributed by atoms with Gasteiger partial charge in [-0.25, -0.2) is 0 Å². The number of rotatable bonds is 1. The van der Waals surface area contributed by atoms with Crippen LogP contribution in [0.2, 0.25) is 0 Å². The van der Waals surface area contributed by atoms with E-state index in [0.717, 1.165) is 11.3 Å². The molecule has 1 atom stereocenters. The van der Waals surface area contributed by atoms with Gasteiger partial charge in [-0.15, -0.1) is 0 Å². The van der Waals surface area contributed by atoms with Crippen LogP contribution in [0, 0.1) is 0 Å². The number of carbonyl (C=O) groups is 1. The van der Waals surface area contributed by atoms with Crippen LogP contribution >= 0.6 is 0 Å². The smallest absolute Gasteiger partial charge is 0.233 e. The van der Waals surface area contributed by atoms with E-state index in [1.165, 1.54) is 0 Å². The first-order valence-electron chi connectivity index (χ1n) is 4.63. The molecule has 2 rings (SSSR count). The van der Waals surface area contributed by atoms with Crippen molar-refractivity contribution in [3.8, 4) is 5.75 Å². The van der Waals surface area contributed by atoms with Gasteiger partial charge in [-0.3, -0.25) is 4.79 Å². The van der Waals surface area contributed by atoms with Gasteiger partial charge in [-0.2, -0.15) is 0 Å². The SMILES string of the molecule is CN(C)C(=O)C1COc2ccccc21. The van der Waals surface area contributed by atoms with Crippen molar-refractivity contribution in [1.29, 1.82) is 0 Å². The van der Waals surface area contributed by atoms with Gasteiger partial charge in [0.2, 0.25) is 5.91 Å². The molecule has 1 unspecified atom stereocenters. The summed E-state index contributed by atoms with van der Waals surface area (Å²) in [4.78, 5) is 13.4. The summed E-state index contributed by atoms with van der Waals surface area (Å²) in [5, 5.41) is 0. The van der Waals surface area contributed by atoms with E-state index in [2.05, 4.69) is 0 Å². The quantitative estimate of drug-likeness (QED) is 0.668. The first-order valence-corrected chi connectivity index (χ1v) is 4.63. The fraction of sp³-hybridized carbons (Fsp3) is 0.364. The van der Waals surface area contributed by atoms with Crippen LogP contribution < -0.4 is 4.74 Å². The summed E-state index contributed by atoms with van der Waals surface area (Å²) in [5.74, 6) is 0.823. The van der Waals surface area contributed by atoms with Crippen LogP contribution in [-0.4, -0.2) is 31.5 Å². The molecule has 74 valence electrons. The molecule has 0 aliphatic carbocycles. The Morgan fingerprint density at radius 3 is 2.86 bits per heavy atom. The van der Waals surface area contributed by atoms with Crippen molar-refractivity contribution in [3.63, 3.8) is 0 Å². The highest BCUT2D eigenvalue weighted by atomic mass is 16.5. The summed E-state index contributed by atoms with van der Waals surface area (Å²) >= 11 is 0. The molecule has 0 fully saturated rings. The number of para-hydroxylation sites is 1. The van der Waals surface area contributed by atoms with Crippen molar-refractivity contribution < 1.29 is 9.53 Å². The maximum Gasteiger partial charge on any atom is 0.233 e. The summed E-state index contributed by atoms with van der Waals surface area (Å²) in [6.07, 6.45) is 0. The van der Waals surface area contributed by atoms with Gasteiger partial charge in [0.1, 0.15) is 18.3 Å². The molecule has 0 N–H and O–H groups in total. The third-order valence-corrected chi connectivity index (χ3v) is 2.44. The van der Waals surface area contributed by atoms with E-state index in [9.17, 15) is 4.79 Å². The molecular formula is C11H13NO2. The van der Waals surface area contributed by atoms with Crippen molar-refractivity contribution in [1.82, 2.24) is 4.90 Å². The molecule has 0 saturated carbocycles. The Hall–Kier alpha value is -1.51. The van der Waals surface area contributed by atoms with E-state index in [1.807, 2.05) is 24.3 Å². The molecule has 3 nitrogen and oxygen atoms in total. The number of benzene rings is 1. The lowest BCUT2D eigenvalue weighted by Crippen LogP contribution is -2.28. The molecular weight excluding hydrogens is 178 g/mol. The van der Waals surface area contributed by atoms with E-state index in [1.54, 1.807) is 19.0 Å². The fourth-order valence-corrected chi connectivity index (χ4v) is 1.68. The molecule has 0 bridgehead atoms.